The van der Waals surface area contributed by atoms with Gasteiger partial charge in [-0.2, -0.15) is 13.2 Å². The molecule has 5 heteroatoms. The van der Waals surface area contributed by atoms with Gasteiger partial charge in [-0.15, -0.1) is 0 Å². The Kier molecular flexibility index (Phi) is 2.56. The van der Waals surface area contributed by atoms with Crippen LogP contribution in [0.2, 0.25) is 0 Å². The van der Waals surface area contributed by atoms with Crippen molar-refractivity contribution in [3.05, 3.63) is 27.7 Å². The lowest BCUT2D eigenvalue weighted by atomic mass is 10.1. The number of halogens is 4. The van der Waals surface area contributed by atoms with Crippen molar-refractivity contribution in [3.63, 3.8) is 0 Å². The summed E-state index contributed by atoms with van der Waals surface area (Å²) in [7, 11) is 0. The number of nitrogens with two attached hydrogens (primary N) is 1. The molecule has 0 spiro atoms. The first kappa shape index (κ1) is 10.4. The molecule has 0 aromatic heterocycles. The van der Waals surface area contributed by atoms with Gasteiger partial charge in [-0.3, -0.25) is 0 Å². The lowest BCUT2D eigenvalue weighted by Gasteiger charge is -2.10. The van der Waals surface area contributed by atoms with E-state index in [0.29, 0.717) is 11.3 Å². The van der Waals surface area contributed by atoms with Crippen molar-refractivity contribution in [1.82, 2.24) is 0 Å². The van der Waals surface area contributed by atoms with Crippen LogP contribution in [0.15, 0.2) is 16.6 Å². The number of benzene rings is 1. The highest BCUT2D eigenvalue weighted by Crippen LogP contribution is 2.34. The average molecular weight is 254 g/mol. The molecule has 0 aliphatic heterocycles. The van der Waals surface area contributed by atoms with Crippen LogP contribution in [0.25, 0.3) is 0 Å². The SMILES string of the molecule is Cc1cc(C(F)(F)F)cc(Br)c1N. The molecule has 0 aliphatic rings. The summed E-state index contributed by atoms with van der Waals surface area (Å²) < 4.78 is 36.9. The Hall–Kier alpha value is -0.710. The summed E-state index contributed by atoms with van der Waals surface area (Å²) in [5, 5.41) is 0. The van der Waals surface area contributed by atoms with E-state index >= 15 is 0 Å². The third-order valence-electron chi connectivity index (χ3n) is 1.66. The van der Waals surface area contributed by atoms with Gasteiger partial charge in [0.15, 0.2) is 0 Å². The highest BCUT2D eigenvalue weighted by atomic mass is 79.9. The van der Waals surface area contributed by atoms with Gasteiger partial charge >= 0.3 is 6.18 Å². The maximum absolute atomic E-state index is 12.2. The zero-order valence-corrected chi connectivity index (χ0v) is 8.33. The number of anilines is 1. The van der Waals surface area contributed by atoms with Crippen molar-refractivity contribution < 1.29 is 13.2 Å². The zero-order chi connectivity index (χ0) is 10.2. The van der Waals surface area contributed by atoms with E-state index in [1.807, 2.05) is 0 Å². The molecule has 0 heterocycles. The van der Waals surface area contributed by atoms with E-state index in [1.54, 1.807) is 0 Å². The molecule has 0 aliphatic carbocycles. The lowest BCUT2D eigenvalue weighted by molar-refractivity contribution is -0.137. The number of hydrogen-bond acceptors (Lipinski definition) is 1. The molecule has 1 nitrogen and oxygen atoms in total. The van der Waals surface area contributed by atoms with Gasteiger partial charge in [-0.25, -0.2) is 0 Å². The van der Waals surface area contributed by atoms with Gasteiger partial charge in [0, 0.05) is 10.2 Å². The van der Waals surface area contributed by atoms with Gasteiger partial charge in [0.2, 0.25) is 0 Å². The maximum Gasteiger partial charge on any atom is 0.416 e. The molecule has 0 atom stereocenters. The van der Waals surface area contributed by atoms with Crippen molar-refractivity contribution in [2.24, 2.45) is 0 Å². The first-order chi connectivity index (χ1) is 5.82. The van der Waals surface area contributed by atoms with Gasteiger partial charge in [-0.1, -0.05) is 0 Å². The van der Waals surface area contributed by atoms with Crippen LogP contribution in [0.4, 0.5) is 18.9 Å². The van der Waals surface area contributed by atoms with Crippen LogP contribution in [0.1, 0.15) is 11.1 Å². The fourth-order valence-corrected chi connectivity index (χ4v) is 1.48. The van der Waals surface area contributed by atoms with E-state index in [2.05, 4.69) is 15.9 Å². The second-order valence-corrected chi connectivity index (χ2v) is 3.54. The van der Waals surface area contributed by atoms with Gasteiger partial charge < -0.3 is 5.73 Å². The number of aryl methyl sites for hydroxylation is 1. The summed E-state index contributed by atoms with van der Waals surface area (Å²) in [6, 6.07) is 2.00. The Labute approximate surface area is 81.9 Å². The normalized spacial score (nSPS) is 11.8. The fraction of sp³-hybridized carbons (Fsp3) is 0.250. The second kappa shape index (κ2) is 3.21. The molecule has 1 aromatic rings. The van der Waals surface area contributed by atoms with Gasteiger partial charge in [0.25, 0.3) is 0 Å². The minimum absolute atomic E-state index is 0.278. The van der Waals surface area contributed by atoms with E-state index in [0.717, 1.165) is 12.1 Å². The minimum Gasteiger partial charge on any atom is -0.398 e. The summed E-state index contributed by atoms with van der Waals surface area (Å²) in [5.41, 5.74) is 5.55. The Balaban J connectivity index is 3.29. The fourth-order valence-electron chi connectivity index (χ4n) is 0.919. The van der Waals surface area contributed by atoms with Crippen molar-refractivity contribution in [2.45, 2.75) is 13.1 Å². The summed E-state index contributed by atoms with van der Waals surface area (Å²) in [4.78, 5) is 0. The molecule has 1 rings (SSSR count). The largest absolute Gasteiger partial charge is 0.416 e. The van der Waals surface area contributed by atoms with Crippen LogP contribution < -0.4 is 5.73 Å². The first-order valence-electron chi connectivity index (χ1n) is 3.45. The molecule has 0 unspecified atom stereocenters. The predicted molar refractivity (Wildman–Crippen MR) is 48.3 cm³/mol. The van der Waals surface area contributed by atoms with E-state index in [4.69, 9.17) is 5.73 Å². The molecule has 0 fully saturated rings. The Morgan fingerprint density at radius 3 is 2.23 bits per heavy atom. The molecule has 0 radical (unpaired) electrons. The Morgan fingerprint density at radius 1 is 1.31 bits per heavy atom. The molecular weight excluding hydrogens is 247 g/mol. The molecule has 0 saturated heterocycles. The average Bonchev–Trinajstić information content (AvgIpc) is 1.97. The number of rotatable bonds is 0. The van der Waals surface area contributed by atoms with Crippen molar-refractivity contribution in [3.8, 4) is 0 Å². The van der Waals surface area contributed by atoms with E-state index in [1.165, 1.54) is 6.92 Å². The van der Waals surface area contributed by atoms with Crippen LogP contribution in [-0.4, -0.2) is 0 Å². The van der Waals surface area contributed by atoms with Crippen LogP contribution >= 0.6 is 15.9 Å². The quantitative estimate of drug-likeness (QED) is 0.706. The highest BCUT2D eigenvalue weighted by Gasteiger charge is 2.31. The third kappa shape index (κ3) is 2.15. The van der Waals surface area contributed by atoms with Crippen molar-refractivity contribution in [2.75, 3.05) is 5.73 Å². The topological polar surface area (TPSA) is 26.0 Å². The summed E-state index contributed by atoms with van der Waals surface area (Å²) >= 11 is 2.96. The number of hydrogen-bond donors (Lipinski definition) is 1. The van der Waals surface area contributed by atoms with Crippen LogP contribution in [0.5, 0.6) is 0 Å². The predicted octanol–water partition coefficient (Wildman–Crippen LogP) is 3.36. The second-order valence-electron chi connectivity index (χ2n) is 2.69. The highest BCUT2D eigenvalue weighted by molar-refractivity contribution is 9.10. The Morgan fingerprint density at radius 2 is 1.85 bits per heavy atom. The van der Waals surface area contributed by atoms with Crippen molar-refractivity contribution >= 4 is 21.6 Å². The lowest BCUT2D eigenvalue weighted by Crippen LogP contribution is -2.06. The minimum atomic E-state index is -4.32. The monoisotopic (exact) mass is 253 g/mol. The Bertz CT molecular complexity index is 310. The number of nitrogen functional groups attached to an aromatic ring is 1. The first-order valence-corrected chi connectivity index (χ1v) is 4.24. The molecular formula is C8H7BrF3N. The summed E-state index contributed by atoms with van der Waals surface area (Å²) in [6.07, 6.45) is -4.32. The zero-order valence-electron chi connectivity index (χ0n) is 6.74. The standard InChI is InChI=1S/C8H7BrF3N/c1-4-2-5(8(10,11)12)3-6(9)7(4)13/h2-3H,13H2,1H3. The molecule has 72 valence electrons. The summed E-state index contributed by atoms with van der Waals surface area (Å²) in [5.74, 6) is 0. The van der Waals surface area contributed by atoms with Crippen LogP contribution in [0.3, 0.4) is 0 Å². The molecule has 2 N–H and O–H groups in total. The smallest absolute Gasteiger partial charge is 0.398 e. The van der Waals surface area contributed by atoms with E-state index in [9.17, 15) is 13.2 Å². The van der Waals surface area contributed by atoms with E-state index in [-0.39, 0.29) is 4.47 Å². The van der Waals surface area contributed by atoms with Gasteiger partial charge in [0.05, 0.1) is 5.56 Å². The number of alkyl halides is 3. The third-order valence-corrected chi connectivity index (χ3v) is 2.32. The van der Waals surface area contributed by atoms with Gasteiger partial charge in [0.1, 0.15) is 0 Å². The maximum atomic E-state index is 12.2. The summed E-state index contributed by atoms with van der Waals surface area (Å²) in [6.45, 7) is 1.54. The van der Waals surface area contributed by atoms with Crippen molar-refractivity contribution in [1.29, 1.82) is 0 Å². The van der Waals surface area contributed by atoms with Crippen LogP contribution in [0, 0.1) is 6.92 Å². The molecule has 0 saturated carbocycles. The van der Waals surface area contributed by atoms with E-state index < -0.39 is 11.7 Å². The van der Waals surface area contributed by atoms with Gasteiger partial charge in [-0.05, 0) is 40.5 Å². The molecule has 0 bridgehead atoms. The molecule has 13 heavy (non-hydrogen) atoms. The van der Waals surface area contributed by atoms with Crippen LogP contribution in [-0.2, 0) is 6.18 Å². The molecule has 0 amide bonds. The molecule has 1 aromatic carbocycles.